The Morgan fingerprint density at radius 1 is 1.32 bits per heavy atom. The number of benzene rings is 1. The van der Waals surface area contributed by atoms with Crippen LogP contribution in [0, 0.1) is 13.8 Å². The summed E-state index contributed by atoms with van der Waals surface area (Å²) in [5.41, 5.74) is 2.64. The SMILES string of the molecule is Cc1ccc(C)c(C(=O)N2CCC(S(C)(=O)=O)C2)c1. The van der Waals surface area contributed by atoms with E-state index in [-0.39, 0.29) is 5.91 Å². The minimum Gasteiger partial charge on any atom is -0.337 e. The molecule has 0 N–H and O–H groups in total. The monoisotopic (exact) mass is 281 g/mol. The molecule has 1 unspecified atom stereocenters. The summed E-state index contributed by atoms with van der Waals surface area (Å²) in [6.45, 7) is 4.67. The molecule has 1 atom stereocenters. The highest BCUT2D eigenvalue weighted by molar-refractivity contribution is 7.91. The molecule has 2 rings (SSSR count). The molecule has 104 valence electrons. The lowest BCUT2D eigenvalue weighted by molar-refractivity contribution is 0.0792. The molecule has 1 aromatic carbocycles. The standard InChI is InChI=1S/C14H19NO3S/c1-10-4-5-11(2)13(8-10)14(16)15-7-6-12(9-15)19(3,17)18/h4-5,8,12H,6-7,9H2,1-3H3. The fraction of sp³-hybridized carbons (Fsp3) is 0.500. The normalized spacial score (nSPS) is 19.7. The molecule has 4 nitrogen and oxygen atoms in total. The van der Waals surface area contributed by atoms with Gasteiger partial charge in [0.25, 0.3) is 5.91 Å². The van der Waals surface area contributed by atoms with Crippen molar-refractivity contribution in [3.05, 3.63) is 34.9 Å². The number of carbonyl (C=O) groups excluding carboxylic acids is 1. The summed E-state index contributed by atoms with van der Waals surface area (Å²) >= 11 is 0. The highest BCUT2D eigenvalue weighted by atomic mass is 32.2. The molecule has 1 amide bonds. The molecule has 0 aliphatic carbocycles. The lowest BCUT2D eigenvalue weighted by Crippen LogP contribution is -2.32. The Balaban J connectivity index is 2.20. The quantitative estimate of drug-likeness (QED) is 0.826. The largest absolute Gasteiger partial charge is 0.337 e. The second-order valence-electron chi connectivity index (χ2n) is 5.31. The summed E-state index contributed by atoms with van der Waals surface area (Å²) in [4.78, 5) is 14.1. The van der Waals surface area contributed by atoms with Gasteiger partial charge in [-0.3, -0.25) is 4.79 Å². The van der Waals surface area contributed by atoms with Crippen molar-refractivity contribution >= 4 is 15.7 Å². The van der Waals surface area contributed by atoms with Crippen molar-refractivity contribution in [2.75, 3.05) is 19.3 Å². The van der Waals surface area contributed by atoms with E-state index in [1.807, 2.05) is 32.0 Å². The van der Waals surface area contributed by atoms with Crippen LogP contribution in [0.2, 0.25) is 0 Å². The summed E-state index contributed by atoms with van der Waals surface area (Å²) in [5, 5.41) is -0.415. The second-order valence-corrected chi connectivity index (χ2v) is 7.64. The Morgan fingerprint density at radius 3 is 2.58 bits per heavy atom. The first kappa shape index (κ1) is 14.1. The van der Waals surface area contributed by atoms with Crippen LogP contribution in [0.1, 0.15) is 27.9 Å². The Labute approximate surface area is 114 Å². The van der Waals surface area contributed by atoms with Crippen LogP contribution in [0.5, 0.6) is 0 Å². The second kappa shape index (κ2) is 4.96. The van der Waals surface area contributed by atoms with Gasteiger partial charge in [0, 0.05) is 24.9 Å². The molecule has 19 heavy (non-hydrogen) atoms. The molecule has 0 radical (unpaired) electrons. The van der Waals surface area contributed by atoms with Crippen LogP contribution in [-0.2, 0) is 9.84 Å². The van der Waals surface area contributed by atoms with E-state index in [4.69, 9.17) is 0 Å². The predicted octanol–water partition coefficient (Wildman–Crippen LogP) is 1.56. The fourth-order valence-corrected chi connectivity index (χ4v) is 3.38. The lowest BCUT2D eigenvalue weighted by atomic mass is 10.0. The molecule has 1 saturated heterocycles. The van der Waals surface area contributed by atoms with Crippen molar-refractivity contribution in [1.29, 1.82) is 0 Å². The molecule has 1 aliphatic rings. The van der Waals surface area contributed by atoms with Crippen molar-refractivity contribution in [1.82, 2.24) is 4.90 Å². The molecule has 0 bridgehead atoms. The van der Waals surface area contributed by atoms with Gasteiger partial charge in [-0.2, -0.15) is 0 Å². The van der Waals surface area contributed by atoms with Crippen molar-refractivity contribution in [2.45, 2.75) is 25.5 Å². The van der Waals surface area contributed by atoms with Crippen LogP contribution < -0.4 is 0 Å². The van der Waals surface area contributed by atoms with E-state index < -0.39 is 15.1 Å². The van der Waals surface area contributed by atoms with E-state index in [1.54, 1.807) is 4.90 Å². The number of sulfone groups is 1. The van der Waals surface area contributed by atoms with Gasteiger partial charge in [0.05, 0.1) is 5.25 Å². The number of carbonyl (C=O) groups is 1. The smallest absolute Gasteiger partial charge is 0.254 e. The molecular weight excluding hydrogens is 262 g/mol. The summed E-state index contributed by atoms with van der Waals surface area (Å²) in [6.07, 6.45) is 1.78. The molecule has 1 aliphatic heterocycles. The van der Waals surface area contributed by atoms with Gasteiger partial charge in [-0.05, 0) is 31.9 Å². The third kappa shape index (κ3) is 2.97. The van der Waals surface area contributed by atoms with E-state index in [0.717, 1.165) is 11.1 Å². The summed E-state index contributed by atoms with van der Waals surface area (Å²) in [6, 6.07) is 5.76. The van der Waals surface area contributed by atoms with Crippen LogP contribution in [0.4, 0.5) is 0 Å². The molecule has 0 spiro atoms. The highest BCUT2D eigenvalue weighted by Gasteiger charge is 2.33. The van der Waals surface area contributed by atoms with Crippen molar-refractivity contribution < 1.29 is 13.2 Å². The van der Waals surface area contributed by atoms with E-state index >= 15 is 0 Å². The van der Waals surface area contributed by atoms with Gasteiger partial charge in [0.1, 0.15) is 0 Å². The van der Waals surface area contributed by atoms with Crippen LogP contribution in [0.3, 0.4) is 0 Å². The van der Waals surface area contributed by atoms with E-state index in [1.165, 1.54) is 6.26 Å². The first-order valence-corrected chi connectivity index (χ1v) is 8.30. The number of likely N-dealkylation sites (tertiary alicyclic amines) is 1. The summed E-state index contributed by atoms with van der Waals surface area (Å²) < 4.78 is 23.0. The minimum absolute atomic E-state index is 0.0626. The predicted molar refractivity (Wildman–Crippen MR) is 75.1 cm³/mol. The third-order valence-electron chi connectivity index (χ3n) is 3.66. The molecule has 1 fully saturated rings. The average Bonchev–Trinajstić information content (AvgIpc) is 2.80. The molecule has 0 saturated carbocycles. The van der Waals surface area contributed by atoms with Gasteiger partial charge in [-0.25, -0.2) is 8.42 Å². The first-order chi connectivity index (χ1) is 8.79. The van der Waals surface area contributed by atoms with Crippen molar-refractivity contribution in [3.8, 4) is 0 Å². The number of amides is 1. The molecular formula is C14H19NO3S. The summed E-state index contributed by atoms with van der Waals surface area (Å²) in [7, 11) is -3.06. The molecule has 0 aromatic heterocycles. The van der Waals surface area contributed by atoms with Crippen LogP contribution >= 0.6 is 0 Å². The van der Waals surface area contributed by atoms with Gasteiger partial charge >= 0.3 is 0 Å². The van der Waals surface area contributed by atoms with Gasteiger partial charge in [-0.1, -0.05) is 17.7 Å². The van der Waals surface area contributed by atoms with Gasteiger partial charge < -0.3 is 4.90 Å². The number of hydrogen-bond donors (Lipinski definition) is 0. The maximum Gasteiger partial charge on any atom is 0.254 e. The fourth-order valence-electron chi connectivity index (χ4n) is 2.40. The van der Waals surface area contributed by atoms with E-state index in [9.17, 15) is 13.2 Å². The summed E-state index contributed by atoms with van der Waals surface area (Å²) in [5.74, 6) is -0.0626. The van der Waals surface area contributed by atoms with E-state index in [0.29, 0.717) is 25.1 Å². The molecule has 5 heteroatoms. The molecule has 1 aromatic rings. The average molecular weight is 281 g/mol. The van der Waals surface area contributed by atoms with Crippen molar-refractivity contribution in [3.63, 3.8) is 0 Å². The Bertz CT molecular complexity index is 607. The number of nitrogens with zero attached hydrogens (tertiary/aromatic N) is 1. The maximum atomic E-state index is 12.4. The van der Waals surface area contributed by atoms with Gasteiger partial charge in [0.15, 0.2) is 9.84 Å². The zero-order chi connectivity index (χ0) is 14.2. The van der Waals surface area contributed by atoms with Crippen LogP contribution in [0.15, 0.2) is 18.2 Å². The number of hydrogen-bond acceptors (Lipinski definition) is 3. The van der Waals surface area contributed by atoms with Gasteiger partial charge in [-0.15, -0.1) is 0 Å². The zero-order valence-corrected chi connectivity index (χ0v) is 12.3. The van der Waals surface area contributed by atoms with E-state index in [2.05, 4.69) is 0 Å². The van der Waals surface area contributed by atoms with Crippen LogP contribution in [0.25, 0.3) is 0 Å². The van der Waals surface area contributed by atoms with Crippen molar-refractivity contribution in [2.24, 2.45) is 0 Å². The topological polar surface area (TPSA) is 54.5 Å². The Morgan fingerprint density at radius 2 is 2.00 bits per heavy atom. The van der Waals surface area contributed by atoms with Gasteiger partial charge in [0.2, 0.25) is 0 Å². The number of aryl methyl sites for hydroxylation is 2. The van der Waals surface area contributed by atoms with Crippen LogP contribution in [-0.4, -0.2) is 43.8 Å². The molecule has 1 heterocycles. The lowest BCUT2D eigenvalue weighted by Gasteiger charge is -2.17. The Kier molecular flexibility index (Phi) is 3.67. The first-order valence-electron chi connectivity index (χ1n) is 6.34. The Hall–Kier alpha value is -1.36. The third-order valence-corrected chi connectivity index (χ3v) is 5.26. The minimum atomic E-state index is -3.06. The zero-order valence-electron chi connectivity index (χ0n) is 11.5. The maximum absolute atomic E-state index is 12.4. The highest BCUT2D eigenvalue weighted by Crippen LogP contribution is 2.20. The number of rotatable bonds is 2.